The van der Waals surface area contributed by atoms with Crippen LogP contribution >= 0.6 is 27.3 Å². The van der Waals surface area contributed by atoms with Crippen molar-refractivity contribution in [1.29, 1.82) is 0 Å². The molecule has 0 amide bonds. The average Bonchev–Trinajstić information content (AvgIpc) is 3.09. The summed E-state index contributed by atoms with van der Waals surface area (Å²) in [5.41, 5.74) is 1.25. The maximum Gasteiger partial charge on any atom is 0.0853 e. The van der Waals surface area contributed by atoms with Gasteiger partial charge in [-0.05, 0) is 53.9 Å². The van der Waals surface area contributed by atoms with E-state index in [0.717, 1.165) is 36.8 Å². The highest BCUT2D eigenvalue weighted by atomic mass is 79.9. The second-order valence-electron chi connectivity index (χ2n) is 5.15. The van der Waals surface area contributed by atoms with Crippen molar-refractivity contribution in [3.05, 3.63) is 38.3 Å². The fourth-order valence-corrected chi connectivity index (χ4v) is 3.97. The Bertz CT molecular complexity index is 562. The molecule has 0 radical (unpaired) electrons. The van der Waals surface area contributed by atoms with Gasteiger partial charge in [0.05, 0.1) is 22.4 Å². The Hall–Kier alpha value is -0.650. The van der Waals surface area contributed by atoms with Crippen molar-refractivity contribution in [2.75, 3.05) is 6.54 Å². The van der Waals surface area contributed by atoms with Gasteiger partial charge in [0.25, 0.3) is 0 Å². The van der Waals surface area contributed by atoms with Crippen molar-refractivity contribution in [2.24, 2.45) is 0 Å². The van der Waals surface area contributed by atoms with Gasteiger partial charge in [-0.3, -0.25) is 4.68 Å². The Morgan fingerprint density at radius 3 is 2.71 bits per heavy atom. The predicted molar refractivity (Wildman–Crippen MR) is 94.1 cm³/mol. The van der Waals surface area contributed by atoms with Crippen molar-refractivity contribution in [2.45, 2.75) is 52.6 Å². The fraction of sp³-hybridized carbons (Fsp3) is 0.562. The first-order valence-electron chi connectivity index (χ1n) is 7.74. The molecule has 0 saturated carbocycles. The standard InChI is InChI=1S/C16H24BrN3S/c1-4-9-18-15(14-8-7-12(6-3)21-14)16-13(17)11-19-20(16)10-5-2/h7-8,11,15,18H,4-6,9-10H2,1-3H3. The highest BCUT2D eigenvalue weighted by Gasteiger charge is 2.22. The maximum absolute atomic E-state index is 4.52. The second-order valence-corrected chi connectivity index (χ2v) is 7.20. The molecular weight excluding hydrogens is 346 g/mol. The Kier molecular flexibility index (Phi) is 6.45. The quantitative estimate of drug-likeness (QED) is 0.726. The summed E-state index contributed by atoms with van der Waals surface area (Å²) in [4.78, 5) is 2.81. The molecule has 0 bridgehead atoms. The van der Waals surface area contributed by atoms with Crippen LogP contribution in [0.1, 0.15) is 55.1 Å². The molecule has 0 saturated heterocycles. The Morgan fingerprint density at radius 1 is 1.29 bits per heavy atom. The van der Waals surface area contributed by atoms with E-state index in [9.17, 15) is 0 Å². The van der Waals surface area contributed by atoms with Gasteiger partial charge in [0, 0.05) is 16.3 Å². The topological polar surface area (TPSA) is 29.9 Å². The fourth-order valence-electron chi connectivity index (χ4n) is 2.41. The molecular formula is C16H24BrN3S. The summed E-state index contributed by atoms with van der Waals surface area (Å²) in [6, 6.07) is 4.72. The lowest BCUT2D eigenvalue weighted by Gasteiger charge is -2.19. The smallest absolute Gasteiger partial charge is 0.0853 e. The number of thiophene rings is 1. The zero-order chi connectivity index (χ0) is 15.2. The molecule has 0 aromatic carbocycles. The van der Waals surface area contributed by atoms with Gasteiger partial charge < -0.3 is 5.32 Å². The van der Waals surface area contributed by atoms with Gasteiger partial charge in [-0.2, -0.15) is 5.10 Å². The van der Waals surface area contributed by atoms with Gasteiger partial charge in [-0.15, -0.1) is 11.3 Å². The number of hydrogen-bond donors (Lipinski definition) is 1. The zero-order valence-electron chi connectivity index (χ0n) is 13.0. The van der Waals surface area contributed by atoms with Crippen LogP contribution < -0.4 is 5.32 Å². The lowest BCUT2D eigenvalue weighted by molar-refractivity contribution is 0.514. The second kappa shape index (κ2) is 8.11. The molecule has 0 spiro atoms. The molecule has 1 N–H and O–H groups in total. The SMILES string of the molecule is CCCNC(c1ccc(CC)s1)c1c(Br)cnn1CCC. The molecule has 2 aromatic heterocycles. The van der Waals surface area contributed by atoms with Gasteiger partial charge in [-0.25, -0.2) is 0 Å². The molecule has 1 unspecified atom stereocenters. The Morgan fingerprint density at radius 2 is 2.10 bits per heavy atom. The number of aryl methyl sites for hydroxylation is 2. The van der Waals surface area contributed by atoms with Crippen molar-refractivity contribution in [3.8, 4) is 0 Å². The molecule has 2 heterocycles. The van der Waals surface area contributed by atoms with Crippen LogP contribution in [-0.2, 0) is 13.0 Å². The molecule has 0 fully saturated rings. The van der Waals surface area contributed by atoms with E-state index in [0.29, 0.717) is 0 Å². The van der Waals surface area contributed by atoms with Crippen LogP contribution in [0.5, 0.6) is 0 Å². The number of nitrogens with zero attached hydrogens (tertiary/aromatic N) is 2. The molecule has 0 aliphatic heterocycles. The van der Waals surface area contributed by atoms with Crippen molar-refractivity contribution in [3.63, 3.8) is 0 Å². The third-order valence-corrected chi connectivity index (χ3v) is 5.36. The lowest BCUT2D eigenvalue weighted by atomic mass is 10.1. The third kappa shape index (κ3) is 3.96. The first kappa shape index (κ1) is 16.7. The largest absolute Gasteiger partial charge is 0.304 e. The molecule has 3 nitrogen and oxygen atoms in total. The molecule has 2 aromatic rings. The molecule has 1 atom stereocenters. The summed E-state index contributed by atoms with van der Waals surface area (Å²) < 4.78 is 3.22. The summed E-state index contributed by atoms with van der Waals surface area (Å²) in [6.07, 6.45) is 5.23. The summed E-state index contributed by atoms with van der Waals surface area (Å²) in [6.45, 7) is 8.56. The lowest BCUT2D eigenvalue weighted by Crippen LogP contribution is -2.25. The minimum Gasteiger partial charge on any atom is -0.304 e. The molecule has 2 rings (SSSR count). The van der Waals surface area contributed by atoms with Gasteiger partial charge in [-0.1, -0.05) is 20.8 Å². The first-order valence-corrected chi connectivity index (χ1v) is 9.35. The van der Waals surface area contributed by atoms with E-state index in [-0.39, 0.29) is 6.04 Å². The van der Waals surface area contributed by atoms with Crippen LogP contribution in [0.2, 0.25) is 0 Å². The van der Waals surface area contributed by atoms with Crippen LogP contribution in [0, 0.1) is 0 Å². The van der Waals surface area contributed by atoms with E-state index in [1.54, 1.807) is 0 Å². The Balaban J connectivity index is 2.37. The summed E-state index contributed by atoms with van der Waals surface area (Å²) >= 11 is 5.58. The average molecular weight is 370 g/mol. The van der Waals surface area contributed by atoms with Crippen LogP contribution in [-0.4, -0.2) is 16.3 Å². The number of rotatable bonds is 8. The van der Waals surface area contributed by atoms with Gasteiger partial charge in [0.1, 0.15) is 0 Å². The Labute approximate surface area is 139 Å². The summed E-state index contributed by atoms with van der Waals surface area (Å²) in [5.74, 6) is 0. The molecule has 116 valence electrons. The van der Waals surface area contributed by atoms with E-state index < -0.39 is 0 Å². The van der Waals surface area contributed by atoms with Crippen molar-refractivity contribution in [1.82, 2.24) is 15.1 Å². The van der Waals surface area contributed by atoms with E-state index in [2.05, 4.69) is 63.9 Å². The van der Waals surface area contributed by atoms with Gasteiger partial charge in [0.15, 0.2) is 0 Å². The molecule has 0 aliphatic carbocycles. The predicted octanol–water partition coefficient (Wildman–Crippen LogP) is 4.77. The van der Waals surface area contributed by atoms with Crippen LogP contribution in [0.4, 0.5) is 0 Å². The minimum atomic E-state index is 0.221. The van der Waals surface area contributed by atoms with E-state index in [1.807, 2.05) is 17.5 Å². The first-order chi connectivity index (χ1) is 10.2. The molecule has 5 heteroatoms. The molecule has 21 heavy (non-hydrogen) atoms. The molecule has 0 aliphatic rings. The number of nitrogens with one attached hydrogen (secondary N) is 1. The summed E-state index contributed by atoms with van der Waals surface area (Å²) in [7, 11) is 0. The number of aromatic nitrogens is 2. The van der Waals surface area contributed by atoms with E-state index in [4.69, 9.17) is 0 Å². The highest BCUT2D eigenvalue weighted by Crippen LogP contribution is 2.33. The maximum atomic E-state index is 4.52. The highest BCUT2D eigenvalue weighted by molar-refractivity contribution is 9.10. The van der Waals surface area contributed by atoms with Crippen LogP contribution in [0.25, 0.3) is 0 Å². The number of halogens is 1. The van der Waals surface area contributed by atoms with E-state index >= 15 is 0 Å². The van der Waals surface area contributed by atoms with Crippen LogP contribution in [0.3, 0.4) is 0 Å². The van der Waals surface area contributed by atoms with Gasteiger partial charge >= 0.3 is 0 Å². The van der Waals surface area contributed by atoms with Crippen molar-refractivity contribution >= 4 is 27.3 Å². The van der Waals surface area contributed by atoms with Gasteiger partial charge in [0.2, 0.25) is 0 Å². The third-order valence-electron chi connectivity index (χ3n) is 3.46. The van der Waals surface area contributed by atoms with E-state index in [1.165, 1.54) is 15.4 Å². The zero-order valence-corrected chi connectivity index (χ0v) is 15.4. The summed E-state index contributed by atoms with van der Waals surface area (Å²) in [5, 5.41) is 8.21. The van der Waals surface area contributed by atoms with Crippen molar-refractivity contribution < 1.29 is 0 Å². The normalized spacial score (nSPS) is 12.8. The number of hydrogen-bond acceptors (Lipinski definition) is 3. The minimum absolute atomic E-state index is 0.221. The van der Waals surface area contributed by atoms with Crippen LogP contribution in [0.15, 0.2) is 22.8 Å². The monoisotopic (exact) mass is 369 g/mol.